The average Bonchev–Trinajstić information content (AvgIpc) is 2.35. The fraction of sp³-hybridized carbons (Fsp3) is 1.00. The van der Waals surface area contributed by atoms with E-state index in [-0.39, 0.29) is 5.54 Å². The van der Waals surface area contributed by atoms with Gasteiger partial charge < -0.3 is 10.6 Å². The Kier molecular flexibility index (Phi) is 6.96. The van der Waals surface area contributed by atoms with Gasteiger partial charge in [-0.1, -0.05) is 27.7 Å². The lowest BCUT2D eigenvalue weighted by Crippen LogP contribution is -2.60. The van der Waals surface area contributed by atoms with Gasteiger partial charge in [0.1, 0.15) is 0 Å². The summed E-state index contributed by atoms with van der Waals surface area (Å²) < 4.78 is 0. The van der Waals surface area contributed by atoms with Crippen LogP contribution in [0.1, 0.15) is 53.4 Å². The molecular formula is C17H37N3. The topological polar surface area (TPSA) is 32.5 Å². The Balaban J connectivity index is 2.88. The van der Waals surface area contributed by atoms with Crippen LogP contribution in [0.3, 0.4) is 0 Å². The standard InChI is InChI=1S/C17H37N3/c1-14(2)10-17(13-18,11-15(3)4)20(6)16-8-7-9-19(5)12-16/h14-16H,7-13,18H2,1-6H3. The Hall–Kier alpha value is -0.120. The highest BCUT2D eigenvalue weighted by Crippen LogP contribution is 2.32. The van der Waals surface area contributed by atoms with Crippen molar-refractivity contribution in [1.82, 2.24) is 9.80 Å². The van der Waals surface area contributed by atoms with Gasteiger partial charge in [0.25, 0.3) is 0 Å². The minimum atomic E-state index is 0.172. The normalized spacial score (nSPS) is 22.2. The van der Waals surface area contributed by atoms with Crippen LogP contribution < -0.4 is 5.73 Å². The summed E-state index contributed by atoms with van der Waals surface area (Å²) >= 11 is 0. The lowest BCUT2D eigenvalue weighted by molar-refractivity contribution is 0.0120. The molecule has 0 spiro atoms. The predicted octanol–water partition coefficient (Wildman–Crippen LogP) is 2.80. The van der Waals surface area contributed by atoms with Crippen LogP contribution in [-0.4, -0.2) is 55.1 Å². The van der Waals surface area contributed by atoms with E-state index < -0.39 is 0 Å². The average molecular weight is 284 g/mol. The number of nitrogens with zero attached hydrogens (tertiary/aromatic N) is 2. The molecule has 3 nitrogen and oxygen atoms in total. The Bertz CT molecular complexity index is 265. The minimum absolute atomic E-state index is 0.172. The molecule has 0 aromatic carbocycles. The van der Waals surface area contributed by atoms with Gasteiger partial charge in [-0.15, -0.1) is 0 Å². The number of nitrogens with two attached hydrogens (primary N) is 1. The molecule has 1 fully saturated rings. The highest BCUT2D eigenvalue weighted by molar-refractivity contribution is 4.96. The van der Waals surface area contributed by atoms with E-state index in [1.165, 1.54) is 38.8 Å². The number of rotatable bonds is 7. The Labute approximate surface area is 126 Å². The zero-order valence-corrected chi connectivity index (χ0v) is 14.7. The molecule has 1 atom stereocenters. The molecule has 1 aliphatic rings. The van der Waals surface area contributed by atoms with Crippen LogP contribution in [0.25, 0.3) is 0 Å². The molecule has 0 aliphatic carbocycles. The van der Waals surface area contributed by atoms with E-state index in [1.54, 1.807) is 0 Å². The lowest BCUT2D eigenvalue weighted by atomic mass is 9.79. The summed E-state index contributed by atoms with van der Waals surface area (Å²) in [7, 11) is 4.57. The first-order valence-electron chi connectivity index (χ1n) is 8.42. The monoisotopic (exact) mass is 283 g/mol. The van der Waals surface area contributed by atoms with Crippen LogP contribution in [0.5, 0.6) is 0 Å². The molecule has 0 bridgehead atoms. The third kappa shape index (κ3) is 4.71. The van der Waals surface area contributed by atoms with Crippen molar-refractivity contribution < 1.29 is 0 Å². The fourth-order valence-corrected chi connectivity index (χ4v) is 4.04. The van der Waals surface area contributed by atoms with Crippen LogP contribution in [0.15, 0.2) is 0 Å². The number of piperidine rings is 1. The highest BCUT2D eigenvalue weighted by atomic mass is 15.3. The third-order valence-corrected chi connectivity index (χ3v) is 4.85. The van der Waals surface area contributed by atoms with E-state index in [2.05, 4.69) is 51.6 Å². The van der Waals surface area contributed by atoms with Crippen molar-refractivity contribution in [2.45, 2.75) is 65.0 Å². The van der Waals surface area contributed by atoms with Gasteiger partial charge in [0, 0.05) is 24.7 Å². The molecule has 0 aromatic heterocycles. The van der Waals surface area contributed by atoms with E-state index in [1.807, 2.05) is 0 Å². The number of likely N-dealkylation sites (tertiary alicyclic amines) is 1. The number of likely N-dealkylation sites (N-methyl/N-ethyl adjacent to an activating group) is 2. The van der Waals surface area contributed by atoms with Gasteiger partial charge >= 0.3 is 0 Å². The molecule has 0 amide bonds. The first kappa shape index (κ1) is 17.9. The first-order valence-corrected chi connectivity index (χ1v) is 8.42. The summed E-state index contributed by atoms with van der Waals surface area (Å²) in [5, 5.41) is 0. The largest absolute Gasteiger partial charge is 0.329 e. The van der Waals surface area contributed by atoms with E-state index in [0.717, 1.165) is 6.54 Å². The number of hydrogen-bond donors (Lipinski definition) is 1. The van der Waals surface area contributed by atoms with E-state index >= 15 is 0 Å². The molecule has 120 valence electrons. The second-order valence-corrected chi connectivity index (χ2v) is 7.79. The van der Waals surface area contributed by atoms with Crippen molar-refractivity contribution in [3.05, 3.63) is 0 Å². The maximum atomic E-state index is 6.29. The molecule has 2 N–H and O–H groups in total. The van der Waals surface area contributed by atoms with Gasteiger partial charge in [0.2, 0.25) is 0 Å². The van der Waals surface area contributed by atoms with Crippen molar-refractivity contribution in [3.8, 4) is 0 Å². The van der Waals surface area contributed by atoms with Gasteiger partial charge in [-0.2, -0.15) is 0 Å². The van der Waals surface area contributed by atoms with E-state index in [9.17, 15) is 0 Å². The minimum Gasteiger partial charge on any atom is -0.329 e. The third-order valence-electron chi connectivity index (χ3n) is 4.85. The molecule has 3 heteroatoms. The molecule has 1 rings (SSSR count). The predicted molar refractivity (Wildman–Crippen MR) is 89.0 cm³/mol. The second-order valence-electron chi connectivity index (χ2n) is 7.79. The van der Waals surface area contributed by atoms with Crippen LogP contribution in [0.4, 0.5) is 0 Å². The number of hydrogen-bond acceptors (Lipinski definition) is 3. The van der Waals surface area contributed by atoms with Crippen LogP contribution in [0.2, 0.25) is 0 Å². The van der Waals surface area contributed by atoms with Crippen molar-refractivity contribution in [2.24, 2.45) is 17.6 Å². The zero-order valence-electron chi connectivity index (χ0n) is 14.7. The molecule has 1 unspecified atom stereocenters. The van der Waals surface area contributed by atoms with Crippen molar-refractivity contribution in [2.75, 3.05) is 33.7 Å². The van der Waals surface area contributed by atoms with Crippen LogP contribution in [0, 0.1) is 11.8 Å². The fourth-order valence-electron chi connectivity index (χ4n) is 4.04. The maximum absolute atomic E-state index is 6.29. The molecule has 1 aliphatic heterocycles. The first-order chi connectivity index (χ1) is 9.30. The smallest absolute Gasteiger partial charge is 0.0337 e. The summed E-state index contributed by atoms with van der Waals surface area (Å²) in [5.41, 5.74) is 6.46. The molecule has 0 aromatic rings. The Morgan fingerprint density at radius 2 is 1.75 bits per heavy atom. The zero-order chi connectivity index (χ0) is 15.3. The van der Waals surface area contributed by atoms with Crippen LogP contribution in [-0.2, 0) is 0 Å². The molecule has 1 saturated heterocycles. The molecule has 1 heterocycles. The van der Waals surface area contributed by atoms with Gasteiger partial charge in [0.05, 0.1) is 0 Å². The Morgan fingerprint density at radius 3 is 2.15 bits per heavy atom. The molecular weight excluding hydrogens is 246 g/mol. The summed E-state index contributed by atoms with van der Waals surface area (Å²) in [6, 6.07) is 0.662. The summed E-state index contributed by atoms with van der Waals surface area (Å²) in [4.78, 5) is 5.11. The Morgan fingerprint density at radius 1 is 1.20 bits per heavy atom. The van der Waals surface area contributed by atoms with Crippen molar-refractivity contribution in [3.63, 3.8) is 0 Å². The molecule has 0 saturated carbocycles. The lowest BCUT2D eigenvalue weighted by Gasteiger charge is -2.49. The SMILES string of the molecule is CC(C)CC(CN)(CC(C)C)N(C)C1CCCN(C)C1. The molecule has 0 radical (unpaired) electrons. The van der Waals surface area contributed by atoms with E-state index in [4.69, 9.17) is 5.73 Å². The summed E-state index contributed by atoms with van der Waals surface area (Å²) in [6.45, 7) is 12.5. The maximum Gasteiger partial charge on any atom is 0.0337 e. The second kappa shape index (κ2) is 7.77. The van der Waals surface area contributed by atoms with E-state index in [0.29, 0.717) is 17.9 Å². The van der Waals surface area contributed by atoms with Gasteiger partial charge in [-0.05, 0) is 58.2 Å². The van der Waals surface area contributed by atoms with Crippen molar-refractivity contribution >= 4 is 0 Å². The van der Waals surface area contributed by atoms with Gasteiger partial charge in [-0.3, -0.25) is 4.90 Å². The summed E-state index contributed by atoms with van der Waals surface area (Å²) in [5.74, 6) is 1.39. The molecule has 20 heavy (non-hydrogen) atoms. The van der Waals surface area contributed by atoms with Crippen molar-refractivity contribution in [1.29, 1.82) is 0 Å². The quantitative estimate of drug-likeness (QED) is 0.780. The summed E-state index contributed by atoms with van der Waals surface area (Å²) in [6.07, 6.45) is 5.05. The van der Waals surface area contributed by atoms with Gasteiger partial charge in [0.15, 0.2) is 0 Å². The highest BCUT2D eigenvalue weighted by Gasteiger charge is 2.38. The van der Waals surface area contributed by atoms with Gasteiger partial charge in [-0.25, -0.2) is 0 Å². The van der Waals surface area contributed by atoms with Crippen LogP contribution >= 0.6 is 0 Å².